The summed E-state index contributed by atoms with van der Waals surface area (Å²) >= 11 is 0. The lowest BCUT2D eigenvalue weighted by molar-refractivity contribution is 0.660. The fourth-order valence-corrected chi connectivity index (χ4v) is 18.5. The van der Waals surface area contributed by atoms with Gasteiger partial charge in [0.2, 0.25) is 0 Å². The van der Waals surface area contributed by atoms with Gasteiger partial charge in [-0.25, -0.2) is 0 Å². The van der Waals surface area contributed by atoms with Crippen molar-refractivity contribution in [2.24, 2.45) is 0 Å². The van der Waals surface area contributed by atoms with Crippen molar-refractivity contribution in [1.29, 1.82) is 0 Å². The number of fused-ring (bicyclic) bond motifs is 9. The summed E-state index contributed by atoms with van der Waals surface area (Å²) < 4.78 is 0. The Morgan fingerprint density at radius 3 is 1.42 bits per heavy atom. The van der Waals surface area contributed by atoms with Crippen molar-refractivity contribution in [1.82, 2.24) is 0 Å². The summed E-state index contributed by atoms with van der Waals surface area (Å²) in [5, 5.41) is 5.73. The van der Waals surface area contributed by atoms with Crippen LogP contribution in [-0.2, 0) is 10.8 Å². The summed E-state index contributed by atoms with van der Waals surface area (Å²) in [5.74, 6) is 0. The number of hydrogen-bond donors (Lipinski definition) is 0. The number of benzene rings is 11. The normalized spacial score (nSPS) is 14.6. The largest absolute Gasteiger partial charge is 0.310 e. The summed E-state index contributed by atoms with van der Waals surface area (Å²) in [5.41, 5.74) is 20.9. The molecule has 11 aromatic rings. The highest BCUT2D eigenvalue weighted by Gasteiger charge is 2.49. The molecule has 2 aliphatic carbocycles. The second kappa shape index (κ2) is 16.2. The molecular formula is C70H51NSi. The van der Waals surface area contributed by atoms with Crippen molar-refractivity contribution >= 4 is 45.9 Å². The highest BCUT2D eigenvalue weighted by molar-refractivity contribution is 7.22. The Hall–Kier alpha value is -8.56. The van der Waals surface area contributed by atoms with Gasteiger partial charge < -0.3 is 4.90 Å². The quantitative estimate of drug-likeness (QED) is 0.137. The van der Waals surface area contributed by atoms with E-state index in [4.69, 9.17) is 0 Å². The molecule has 0 N–H and O–H groups in total. The molecule has 3 aliphatic rings. The van der Waals surface area contributed by atoms with Crippen LogP contribution < -0.4 is 25.6 Å². The van der Waals surface area contributed by atoms with Crippen LogP contribution >= 0.6 is 0 Å². The highest BCUT2D eigenvalue weighted by Crippen LogP contribution is 2.57. The minimum atomic E-state index is -2.65. The maximum Gasteiger partial charge on any atom is 0.180 e. The second-order valence-electron chi connectivity index (χ2n) is 20.3. The first-order valence-corrected chi connectivity index (χ1v) is 27.3. The zero-order valence-corrected chi connectivity index (χ0v) is 41.4. The van der Waals surface area contributed by atoms with E-state index < -0.39 is 13.5 Å². The first-order valence-electron chi connectivity index (χ1n) is 25.3. The van der Waals surface area contributed by atoms with Gasteiger partial charge in [0.25, 0.3) is 0 Å². The molecule has 11 aromatic carbocycles. The molecule has 14 rings (SSSR count). The first-order chi connectivity index (χ1) is 35.5. The van der Waals surface area contributed by atoms with Gasteiger partial charge in [-0.3, -0.25) is 0 Å². The van der Waals surface area contributed by atoms with E-state index in [0.29, 0.717) is 0 Å². The molecule has 340 valence electrons. The van der Waals surface area contributed by atoms with Crippen LogP contribution in [0, 0.1) is 0 Å². The summed E-state index contributed by atoms with van der Waals surface area (Å²) in [4.78, 5) is 2.48. The molecule has 0 fully saturated rings. The van der Waals surface area contributed by atoms with E-state index in [9.17, 15) is 0 Å². The minimum absolute atomic E-state index is 0.153. The Labute approximate surface area is 424 Å². The third-order valence-electron chi connectivity index (χ3n) is 16.4. The fraction of sp³-hybridized carbons (Fsp3) is 0.0571. The third-order valence-corrected chi connectivity index (χ3v) is 21.3. The number of anilines is 3. The van der Waals surface area contributed by atoms with Gasteiger partial charge in [-0.2, -0.15) is 0 Å². The molecular weight excluding hydrogens is 883 g/mol. The number of rotatable bonds is 8. The van der Waals surface area contributed by atoms with Crippen molar-refractivity contribution in [2.75, 3.05) is 4.90 Å². The summed E-state index contributed by atoms with van der Waals surface area (Å²) in [6.07, 6.45) is 0. The van der Waals surface area contributed by atoms with E-state index in [0.717, 1.165) is 17.1 Å². The molecule has 2 heteroatoms. The van der Waals surface area contributed by atoms with Crippen molar-refractivity contribution in [2.45, 2.75) is 24.7 Å². The topological polar surface area (TPSA) is 3.24 Å². The summed E-state index contributed by atoms with van der Waals surface area (Å²) in [6.45, 7) is 4.75. The molecule has 0 unspecified atom stereocenters. The average Bonchev–Trinajstić information content (AvgIpc) is 4.01. The van der Waals surface area contributed by atoms with Crippen LogP contribution in [-0.4, -0.2) is 8.07 Å². The Morgan fingerprint density at radius 2 is 0.764 bits per heavy atom. The first kappa shape index (κ1) is 42.3. The van der Waals surface area contributed by atoms with Crippen LogP contribution in [0.3, 0.4) is 0 Å². The van der Waals surface area contributed by atoms with Gasteiger partial charge in [-0.05, 0) is 135 Å². The molecule has 1 heterocycles. The van der Waals surface area contributed by atoms with Gasteiger partial charge in [0, 0.05) is 22.5 Å². The van der Waals surface area contributed by atoms with Gasteiger partial charge >= 0.3 is 0 Å². The lowest BCUT2D eigenvalue weighted by atomic mass is 9.67. The van der Waals surface area contributed by atoms with Gasteiger partial charge in [0.1, 0.15) is 0 Å². The minimum Gasteiger partial charge on any atom is -0.310 e. The highest BCUT2D eigenvalue weighted by atomic mass is 28.3. The molecule has 0 radical (unpaired) electrons. The van der Waals surface area contributed by atoms with Crippen molar-refractivity contribution < 1.29 is 0 Å². The van der Waals surface area contributed by atoms with Gasteiger partial charge in [0.15, 0.2) is 8.07 Å². The number of hydrogen-bond acceptors (Lipinski definition) is 1. The lowest BCUT2D eigenvalue weighted by Crippen LogP contribution is -2.72. The van der Waals surface area contributed by atoms with Crippen LogP contribution in [0.5, 0.6) is 0 Å². The smallest absolute Gasteiger partial charge is 0.180 e. The SMILES string of the molecule is CC1(C)c2ccccc2-c2ccc(N(c3ccc(-c4cccc([Si]5(c6ccccc6)c6ccccc6-c6ccccc65)c4)cc3)c3cccc(C4(c5ccccc5)c5ccccc5-c5ccccc54)c3)cc21. The van der Waals surface area contributed by atoms with Crippen molar-refractivity contribution in [3.63, 3.8) is 0 Å². The molecule has 0 atom stereocenters. The predicted octanol–water partition coefficient (Wildman–Crippen LogP) is 14.9. The van der Waals surface area contributed by atoms with E-state index in [2.05, 4.69) is 292 Å². The van der Waals surface area contributed by atoms with Crippen LogP contribution in [0.15, 0.2) is 273 Å². The summed E-state index contributed by atoms with van der Waals surface area (Å²) in [7, 11) is -2.65. The second-order valence-corrected chi connectivity index (χ2v) is 24.1. The third kappa shape index (κ3) is 6.00. The van der Waals surface area contributed by atoms with Gasteiger partial charge in [0.05, 0.1) is 5.41 Å². The zero-order valence-electron chi connectivity index (χ0n) is 40.4. The summed E-state index contributed by atoms with van der Waals surface area (Å²) in [6, 6.07) is 103. The molecule has 1 aliphatic heterocycles. The average molecular weight is 934 g/mol. The van der Waals surface area contributed by atoms with E-state index in [-0.39, 0.29) is 5.41 Å². The maximum atomic E-state index is 2.49. The molecule has 0 bridgehead atoms. The van der Waals surface area contributed by atoms with Crippen LogP contribution in [0.25, 0.3) is 44.5 Å². The molecule has 0 saturated heterocycles. The van der Waals surface area contributed by atoms with Gasteiger partial charge in [-0.15, -0.1) is 0 Å². The fourth-order valence-electron chi connectivity index (χ4n) is 13.3. The van der Waals surface area contributed by atoms with E-state index in [1.165, 1.54) is 98.6 Å². The maximum absolute atomic E-state index is 2.65. The molecule has 0 saturated carbocycles. The van der Waals surface area contributed by atoms with E-state index >= 15 is 0 Å². The Balaban J connectivity index is 0.937. The molecule has 0 aromatic heterocycles. The van der Waals surface area contributed by atoms with Gasteiger partial charge in [-0.1, -0.05) is 250 Å². The van der Waals surface area contributed by atoms with Crippen LogP contribution in [0.2, 0.25) is 0 Å². The van der Waals surface area contributed by atoms with E-state index in [1.54, 1.807) is 0 Å². The van der Waals surface area contributed by atoms with Crippen molar-refractivity contribution in [3.8, 4) is 44.5 Å². The van der Waals surface area contributed by atoms with Crippen LogP contribution in [0.4, 0.5) is 17.1 Å². The molecule has 1 nitrogen and oxygen atoms in total. The standard InChI is InChI=1S/C70H51NSi/c1-69(2)63-34-14-9-29-57(63)60-44-43-54(47-66(60)69)71(53-25-20-24-51(46-53)70(50-22-5-3-6-23-50)64-35-15-10-30-58(64)59-31-11-16-36-65(59)70)52-41-39-48(40-42-52)49-21-19-28-56(45-49)72(55-26-7-4-8-27-55)67-37-17-12-32-61(67)62-33-13-18-38-68(62)72/h3-47H,1-2H3. The predicted molar refractivity (Wildman–Crippen MR) is 304 cm³/mol. The van der Waals surface area contributed by atoms with Crippen molar-refractivity contribution in [3.05, 3.63) is 306 Å². The van der Waals surface area contributed by atoms with Crippen LogP contribution in [0.1, 0.15) is 47.2 Å². The Morgan fingerprint density at radius 1 is 0.292 bits per heavy atom. The molecule has 0 amide bonds. The Bertz CT molecular complexity index is 3810. The van der Waals surface area contributed by atoms with E-state index in [1.807, 2.05) is 0 Å². The monoisotopic (exact) mass is 933 g/mol. The molecule has 72 heavy (non-hydrogen) atoms. The lowest BCUT2D eigenvalue weighted by Gasteiger charge is -2.35. The Kier molecular flexibility index (Phi) is 9.55. The zero-order chi connectivity index (χ0) is 48.0. The molecule has 0 spiro atoms. The number of nitrogens with zero attached hydrogens (tertiary/aromatic N) is 1.